The molecule has 0 N–H and O–H groups in total. The van der Waals surface area contributed by atoms with E-state index < -0.39 is 10.0 Å². The van der Waals surface area contributed by atoms with Gasteiger partial charge in [0.05, 0.1) is 10.4 Å². The van der Waals surface area contributed by atoms with Gasteiger partial charge in [0.1, 0.15) is 0 Å². The normalized spacial score (nSPS) is 15.8. The zero-order valence-corrected chi connectivity index (χ0v) is 20.0. The Morgan fingerprint density at radius 3 is 2.36 bits per heavy atom. The zero-order valence-electron chi connectivity index (χ0n) is 18.4. The number of likely N-dealkylation sites (tertiary alicyclic amines) is 1. The predicted molar refractivity (Wildman–Crippen MR) is 134 cm³/mol. The van der Waals surface area contributed by atoms with E-state index in [1.54, 1.807) is 30.5 Å². The summed E-state index contributed by atoms with van der Waals surface area (Å²) in [5.74, 6) is 0.639. The largest absolute Gasteiger partial charge is 0.299 e. The minimum Gasteiger partial charge on any atom is -0.299 e. The molecule has 1 aromatic heterocycles. The molecule has 1 saturated heterocycles. The summed E-state index contributed by atoms with van der Waals surface area (Å²) in [4.78, 5) is 2.78. The lowest BCUT2D eigenvalue weighted by Crippen LogP contribution is -2.33. The second-order valence-electron chi connectivity index (χ2n) is 8.84. The highest BCUT2D eigenvalue weighted by atomic mass is 35.5. The summed E-state index contributed by atoms with van der Waals surface area (Å²) in [6.07, 6.45) is 4.99. The SMILES string of the molecule is O=S(=O)(c1ccccc1)n1ccc2cc(CC3CCN(Cc4ccccc4Cl)CC3)ccc21. The van der Waals surface area contributed by atoms with E-state index in [2.05, 4.69) is 23.1 Å². The number of rotatable bonds is 6. The number of halogens is 1. The molecule has 0 spiro atoms. The fourth-order valence-electron chi connectivity index (χ4n) is 4.76. The Bertz CT molecular complexity index is 1360. The smallest absolute Gasteiger partial charge is 0.268 e. The lowest BCUT2D eigenvalue weighted by Gasteiger charge is -2.32. The van der Waals surface area contributed by atoms with Crippen LogP contribution in [0.15, 0.2) is 90.0 Å². The van der Waals surface area contributed by atoms with Gasteiger partial charge in [0.15, 0.2) is 0 Å². The molecular weight excluding hydrogens is 452 g/mol. The van der Waals surface area contributed by atoms with E-state index in [-0.39, 0.29) is 0 Å². The van der Waals surface area contributed by atoms with Crippen LogP contribution in [-0.4, -0.2) is 30.4 Å². The first kappa shape index (κ1) is 22.2. The second-order valence-corrected chi connectivity index (χ2v) is 11.1. The number of benzene rings is 3. The quantitative estimate of drug-likeness (QED) is 0.342. The maximum absolute atomic E-state index is 13.0. The summed E-state index contributed by atoms with van der Waals surface area (Å²) >= 11 is 6.33. The molecule has 5 rings (SSSR count). The molecule has 33 heavy (non-hydrogen) atoms. The van der Waals surface area contributed by atoms with E-state index in [1.165, 1.54) is 15.1 Å². The van der Waals surface area contributed by atoms with Crippen molar-refractivity contribution < 1.29 is 8.42 Å². The topological polar surface area (TPSA) is 42.3 Å². The van der Waals surface area contributed by atoms with Crippen LogP contribution < -0.4 is 0 Å². The van der Waals surface area contributed by atoms with Crippen molar-refractivity contribution in [3.8, 4) is 0 Å². The van der Waals surface area contributed by atoms with E-state index in [4.69, 9.17) is 11.6 Å². The van der Waals surface area contributed by atoms with Gasteiger partial charge in [-0.25, -0.2) is 12.4 Å². The van der Waals surface area contributed by atoms with Gasteiger partial charge in [0.25, 0.3) is 10.0 Å². The van der Waals surface area contributed by atoms with Crippen molar-refractivity contribution in [1.29, 1.82) is 0 Å². The minimum atomic E-state index is -3.60. The highest BCUT2D eigenvalue weighted by Crippen LogP contribution is 2.28. The van der Waals surface area contributed by atoms with Gasteiger partial charge in [-0.1, -0.05) is 54.1 Å². The molecule has 0 amide bonds. The number of aromatic nitrogens is 1. The number of hydrogen-bond donors (Lipinski definition) is 0. The van der Waals surface area contributed by atoms with Crippen molar-refractivity contribution in [1.82, 2.24) is 8.87 Å². The van der Waals surface area contributed by atoms with Crippen LogP contribution in [0.4, 0.5) is 0 Å². The van der Waals surface area contributed by atoms with Crippen LogP contribution in [0, 0.1) is 5.92 Å². The molecular formula is C27H27ClN2O2S. The monoisotopic (exact) mass is 478 g/mol. The third-order valence-corrected chi connectivity index (χ3v) is 8.68. The maximum atomic E-state index is 13.0. The van der Waals surface area contributed by atoms with Crippen molar-refractivity contribution >= 4 is 32.5 Å². The van der Waals surface area contributed by atoms with Gasteiger partial charge in [-0.3, -0.25) is 4.90 Å². The molecule has 170 valence electrons. The molecule has 0 unspecified atom stereocenters. The molecule has 0 aliphatic carbocycles. The molecule has 0 saturated carbocycles. The van der Waals surface area contributed by atoms with E-state index in [1.807, 2.05) is 36.4 Å². The molecule has 1 aliphatic heterocycles. The molecule has 4 aromatic rings. The van der Waals surface area contributed by atoms with Gasteiger partial charge in [-0.2, -0.15) is 0 Å². The molecule has 6 heteroatoms. The van der Waals surface area contributed by atoms with Crippen molar-refractivity contribution in [3.05, 3.63) is 101 Å². The molecule has 0 atom stereocenters. The Morgan fingerprint density at radius 2 is 1.61 bits per heavy atom. The van der Waals surface area contributed by atoms with Crippen LogP contribution in [0.1, 0.15) is 24.0 Å². The summed E-state index contributed by atoms with van der Waals surface area (Å²) in [5, 5.41) is 1.80. The lowest BCUT2D eigenvalue weighted by molar-refractivity contribution is 0.177. The minimum absolute atomic E-state index is 0.301. The summed E-state index contributed by atoms with van der Waals surface area (Å²) < 4.78 is 27.5. The number of fused-ring (bicyclic) bond motifs is 1. The summed E-state index contributed by atoms with van der Waals surface area (Å²) in [6.45, 7) is 3.05. The standard InChI is InChI=1S/C27H27ClN2O2S/c28-26-9-5-4-6-24(26)20-29-15-12-21(13-16-29)18-22-10-11-27-23(19-22)14-17-30(27)33(31,32)25-7-2-1-3-8-25/h1-11,14,17,19,21H,12-13,15-16,18,20H2. The fraction of sp³-hybridized carbons (Fsp3) is 0.259. The summed E-state index contributed by atoms with van der Waals surface area (Å²) in [5.41, 5.74) is 3.18. The van der Waals surface area contributed by atoms with Gasteiger partial charge < -0.3 is 0 Å². The van der Waals surface area contributed by atoms with E-state index in [0.29, 0.717) is 10.8 Å². The van der Waals surface area contributed by atoms with Crippen molar-refractivity contribution in [3.63, 3.8) is 0 Å². The maximum Gasteiger partial charge on any atom is 0.268 e. The lowest BCUT2D eigenvalue weighted by atomic mass is 9.89. The molecule has 1 aliphatic rings. The number of hydrogen-bond acceptors (Lipinski definition) is 3. The Labute approximate surface area is 200 Å². The second kappa shape index (κ2) is 9.34. The van der Waals surface area contributed by atoms with Gasteiger partial charge >= 0.3 is 0 Å². The molecule has 0 bridgehead atoms. The van der Waals surface area contributed by atoms with E-state index in [9.17, 15) is 8.42 Å². The average Bonchev–Trinajstić information content (AvgIpc) is 3.27. The van der Waals surface area contributed by atoms with Crippen LogP contribution in [0.3, 0.4) is 0 Å². The van der Waals surface area contributed by atoms with Crippen LogP contribution in [0.2, 0.25) is 5.02 Å². The van der Waals surface area contributed by atoms with Crippen LogP contribution in [0.25, 0.3) is 10.9 Å². The first-order valence-corrected chi connectivity index (χ1v) is 13.2. The third-order valence-electron chi connectivity index (χ3n) is 6.60. The van der Waals surface area contributed by atoms with Gasteiger partial charge in [-0.15, -0.1) is 0 Å². The van der Waals surface area contributed by atoms with E-state index in [0.717, 1.165) is 54.8 Å². The summed E-state index contributed by atoms with van der Waals surface area (Å²) in [7, 11) is -3.60. The number of piperidine rings is 1. The van der Waals surface area contributed by atoms with Crippen LogP contribution >= 0.6 is 11.6 Å². The molecule has 2 heterocycles. The van der Waals surface area contributed by atoms with Gasteiger partial charge in [-0.05, 0) is 85.8 Å². The van der Waals surface area contributed by atoms with Crippen molar-refractivity contribution in [2.45, 2.75) is 30.7 Å². The Balaban J connectivity index is 1.25. The van der Waals surface area contributed by atoms with E-state index >= 15 is 0 Å². The average molecular weight is 479 g/mol. The van der Waals surface area contributed by atoms with Crippen molar-refractivity contribution in [2.75, 3.05) is 13.1 Å². The highest BCUT2D eigenvalue weighted by molar-refractivity contribution is 7.90. The highest BCUT2D eigenvalue weighted by Gasteiger charge is 2.21. The third kappa shape index (κ3) is 4.72. The van der Waals surface area contributed by atoms with Gasteiger partial charge in [0.2, 0.25) is 0 Å². The first-order valence-electron chi connectivity index (χ1n) is 11.4. The zero-order chi connectivity index (χ0) is 22.8. The summed E-state index contributed by atoms with van der Waals surface area (Å²) in [6, 6.07) is 24.7. The predicted octanol–water partition coefficient (Wildman–Crippen LogP) is 5.99. The first-order chi connectivity index (χ1) is 16.0. The Kier molecular flexibility index (Phi) is 6.28. The molecule has 4 nitrogen and oxygen atoms in total. The molecule has 0 radical (unpaired) electrons. The Morgan fingerprint density at radius 1 is 0.879 bits per heavy atom. The van der Waals surface area contributed by atoms with Crippen LogP contribution in [0.5, 0.6) is 0 Å². The molecule has 3 aromatic carbocycles. The van der Waals surface area contributed by atoms with Gasteiger partial charge in [0, 0.05) is 23.2 Å². The van der Waals surface area contributed by atoms with Crippen LogP contribution in [-0.2, 0) is 23.0 Å². The Hall–Kier alpha value is -2.60. The number of nitrogens with zero attached hydrogens (tertiary/aromatic N) is 2. The fourth-order valence-corrected chi connectivity index (χ4v) is 6.33. The molecule has 1 fully saturated rings. The van der Waals surface area contributed by atoms with Crippen molar-refractivity contribution in [2.24, 2.45) is 5.92 Å².